The molecule has 9 nitrogen and oxygen atoms in total. The molecule has 2 atom stereocenters. The van der Waals surface area contributed by atoms with Crippen molar-refractivity contribution in [2.45, 2.75) is 24.9 Å². The van der Waals surface area contributed by atoms with Gasteiger partial charge < -0.3 is 10.8 Å². The Kier molecular flexibility index (Phi) is 2.98. The highest BCUT2D eigenvalue weighted by atomic mass is 32.2. The summed E-state index contributed by atoms with van der Waals surface area (Å²) in [6.07, 6.45) is 0. The second-order valence-corrected chi connectivity index (χ2v) is 5.66. The lowest BCUT2D eigenvalue weighted by Gasteiger charge is -2.47. The molecule has 0 aromatic carbocycles. The van der Waals surface area contributed by atoms with Gasteiger partial charge in [-0.05, 0) is 17.7 Å². The van der Waals surface area contributed by atoms with E-state index >= 15 is 0 Å². The maximum atomic E-state index is 11.8. The van der Waals surface area contributed by atoms with Gasteiger partial charge in [0.25, 0.3) is 0 Å². The molecule has 0 bridgehead atoms. The van der Waals surface area contributed by atoms with Gasteiger partial charge in [0.1, 0.15) is 17.1 Å². The highest BCUT2D eigenvalue weighted by Gasteiger charge is 2.51. The van der Waals surface area contributed by atoms with Gasteiger partial charge in [0.15, 0.2) is 5.82 Å². The third-order valence-corrected chi connectivity index (χ3v) is 4.54. The topological polar surface area (TPSA) is 127 Å². The summed E-state index contributed by atoms with van der Waals surface area (Å²) in [7, 11) is 0. The van der Waals surface area contributed by atoms with E-state index in [-0.39, 0.29) is 23.5 Å². The first kappa shape index (κ1) is 13.1. The molecule has 3 heterocycles. The summed E-state index contributed by atoms with van der Waals surface area (Å²) in [6.45, 7) is 1.89. The fraction of sp³-hybridized carbons (Fsp3) is 0.500. The van der Waals surface area contributed by atoms with E-state index in [0.717, 1.165) is 0 Å². The van der Waals surface area contributed by atoms with E-state index in [0.29, 0.717) is 17.2 Å². The molecule has 0 radical (unpaired) electrons. The molecule has 20 heavy (non-hydrogen) atoms. The molecule has 0 spiro atoms. The number of aliphatic carboxylic acids is 1. The van der Waals surface area contributed by atoms with Crippen LogP contribution in [0, 0.1) is 6.92 Å². The monoisotopic (exact) mass is 296 g/mol. The summed E-state index contributed by atoms with van der Waals surface area (Å²) in [5.41, 5.74) is 6.25. The summed E-state index contributed by atoms with van der Waals surface area (Å²) in [5, 5.41) is 20.6. The summed E-state index contributed by atoms with van der Waals surface area (Å²) in [6, 6.07) is -0.623. The lowest BCUT2D eigenvalue weighted by atomic mass is 10.0. The molecule has 1 aromatic heterocycles. The highest BCUT2D eigenvalue weighted by Crippen LogP contribution is 2.39. The normalized spacial score (nSPS) is 25.5. The van der Waals surface area contributed by atoms with Gasteiger partial charge in [-0.1, -0.05) is 0 Å². The van der Waals surface area contributed by atoms with Crippen molar-refractivity contribution in [2.24, 2.45) is 5.73 Å². The Morgan fingerprint density at radius 3 is 2.95 bits per heavy atom. The molecule has 2 aliphatic heterocycles. The first-order valence-corrected chi connectivity index (χ1v) is 6.94. The standard InChI is InChI=1S/C10H12N6O3S/c1-4-12-14-15(13-4)2-5-3-20-9-6(11)8(17)16(9)7(5)10(18)19/h6,9H,2-3,11H2,1H3,(H,18,19)/t6-,9-/m1/s1. The van der Waals surface area contributed by atoms with Crippen LogP contribution in [-0.4, -0.2) is 59.3 Å². The average Bonchev–Trinajstić information content (AvgIpc) is 2.82. The number of tetrazole rings is 1. The van der Waals surface area contributed by atoms with Crippen molar-refractivity contribution >= 4 is 23.6 Å². The maximum Gasteiger partial charge on any atom is 0.352 e. The van der Waals surface area contributed by atoms with Gasteiger partial charge in [-0.3, -0.25) is 9.69 Å². The molecule has 1 amide bonds. The zero-order valence-corrected chi connectivity index (χ0v) is 11.4. The third kappa shape index (κ3) is 1.88. The van der Waals surface area contributed by atoms with Crippen LogP contribution in [0.5, 0.6) is 0 Å². The Labute approximate surface area is 117 Å². The van der Waals surface area contributed by atoms with E-state index in [1.54, 1.807) is 6.92 Å². The molecule has 2 aliphatic rings. The summed E-state index contributed by atoms with van der Waals surface area (Å²) >= 11 is 1.45. The maximum absolute atomic E-state index is 11.8. The van der Waals surface area contributed by atoms with Crippen molar-refractivity contribution < 1.29 is 14.7 Å². The number of amides is 1. The number of rotatable bonds is 3. The second kappa shape index (κ2) is 4.56. The number of fused-ring (bicyclic) bond motifs is 1. The molecule has 10 heteroatoms. The van der Waals surface area contributed by atoms with E-state index < -0.39 is 12.0 Å². The first-order valence-electron chi connectivity index (χ1n) is 5.89. The molecule has 0 unspecified atom stereocenters. The van der Waals surface area contributed by atoms with E-state index in [4.69, 9.17) is 5.73 Å². The fourth-order valence-corrected chi connectivity index (χ4v) is 3.54. The van der Waals surface area contributed by atoms with Crippen LogP contribution >= 0.6 is 11.8 Å². The average molecular weight is 296 g/mol. The molecule has 1 fully saturated rings. The number of nitrogens with two attached hydrogens (primary N) is 1. The van der Waals surface area contributed by atoms with Crippen LogP contribution in [0.4, 0.5) is 0 Å². The largest absolute Gasteiger partial charge is 0.477 e. The molecular weight excluding hydrogens is 284 g/mol. The van der Waals surface area contributed by atoms with Gasteiger partial charge in [-0.2, -0.15) is 4.80 Å². The van der Waals surface area contributed by atoms with Gasteiger partial charge in [-0.25, -0.2) is 4.79 Å². The van der Waals surface area contributed by atoms with Gasteiger partial charge >= 0.3 is 5.97 Å². The summed E-state index contributed by atoms with van der Waals surface area (Å²) in [4.78, 5) is 25.8. The molecular formula is C10H12N6O3S. The van der Waals surface area contributed by atoms with Crippen LogP contribution in [0.2, 0.25) is 0 Å². The van der Waals surface area contributed by atoms with Crippen LogP contribution in [0.1, 0.15) is 5.82 Å². The summed E-state index contributed by atoms with van der Waals surface area (Å²) in [5.74, 6) is -0.516. The van der Waals surface area contributed by atoms with Crippen molar-refractivity contribution in [3.63, 3.8) is 0 Å². The van der Waals surface area contributed by atoms with E-state index in [1.807, 2.05) is 0 Å². The van der Waals surface area contributed by atoms with Crippen LogP contribution in [0.25, 0.3) is 0 Å². The van der Waals surface area contributed by atoms with Crippen LogP contribution in [0.3, 0.4) is 0 Å². The lowest BCUT2D eigenvalue weighted by molar-refractivity contribution is -0.148. The van der Waals surface area contributed by atoms with Gasteiger partial charge in [0, 0.05) is 5.75 Å². The molecule has 1 aromatic rings. The minimum absolute atomic E-state index is 0.00426. The summed E-state index contributed by atoms with van der Waals surface area (Å²) < 4.78 is 0. The smallest absolute Gasteiger partial charge is 0.352 e. The Hall–Kier alpha value is -1.94. The van der Waals surface area contributed by atoms with Crippen molar-refractivity contribution in [1.82, 2.24) is 25.1 Å². The van der Waals surface area contributed by atoms with Gasteiger partial charge in [0.05, 0.1) is 6.54 Å². The Morgan fingerprint density at radius 2 is 2.35 bits per heavy atom. The predicted octanol–water partition coefficient (Wildman–Crippen LogP) is -1.44. The van der Waals surface area contributed by atoms with E-state index in [9.17, 15) is 14.7 Å². The van der Waals surface area contributed by atoms with E-state index in [2.05, 4.69) is 15.4 Å². The number of hydrogen-bond acceptors (Lipinski definition) is 7. The van der Waals surface area contributed by atoms with Gasteiger partial charge in [-0.15, -0.1) is 22.0 Å². The number of carbonyl (C=O) groups excluding carboxylic acids is 1. The zero-order valence-electron chi connectivity index (χ0n) is 10.6. The van der Waals surface area contributed by atoms with Crippen molar-refractivity contribution in [2.75, 3.05) is 5.75 Å². The minimum atomic E-state index is -1.14. The molecule has 0 aliphatic carbocycles. The highest BCUT2D eigenvalue weighted by molar-refractivity contribution is 8.00. The lowest BCUT2D eigenvalue weighted by Crippen LogP contribution is -2.68. The molecule has 1 saturated heterocycles. The quantitative estimate of drug-likeness (QED) is 0.649. The predicted molar refractivity (Wildman–Crippen MR) is 68.3 cm³/mol. The number of thioether (sulfide) groups is 1. The first-order chi connectivity index (χ1) is 9.49. The van der Waals surface area contributed by atoms with Gasteiger partial charge in [0.2, 0.25) is 5.91 Å². The van der Waals surface area contributed by atoms with Crippen molar-refractivity contribution in [1.29, 1.82) is 0 Å². The van der Waals surface area contributed by atoms with Crippen LogP contribution in [0.15, 0.2) is 11.3 Å². The SMILES string of the molecule is Cc1nnn(CC2=C(C(=O)O)N3C(=O)[C@@H](N)[C@H]3SC2)n1. The molecule has 3 rings (SSSR count). The minimum Gasteiger partial charge on any atom is -0.477 e. The number of carbonyl (C=O) groups is 2. The molecule has 3 N–H and O–H groups in total. The molecule has 106 valence electrons. The Morgan fingerprint density at radius 1 is 1.60 bits per heavy atom. The Bertz CT molecular complexity index is 626. The Balaban J connectivity index is 1.94. The van der Waals surface area contributed by atoms with Crippen molar-refractivity contribution in [3.8, 4) is 0 Å². The molecule has 0 saturated carbocycles. The number of carboxylic acids is 1. The number of nitrogens with zero attached hydrogens (tertiary/aromatic N) is 5. The second-order valence-electron chi connectivity index (χ2n) is 4.56. The zero-order chi connectivity index (χ0) is 14.4. The number of aromatic nitrogens is 4. The number of carboxylic acid groups (broad SMARTS) is 1. The van der Waals surface area contributed by atoms with Crippen molar-refractivity contribution in [3.05, 3.63) is 17.1 Å². The van der Waals surface area contributed by atoms with Crippen LogP contribution in [-0.2, 0) is 16.1 Å². The number of hydrogen-bond donors (Lipinski definition) is 2. The van der Waals surface area contributed by atoms with Crippen LogP contribution < -0.4 is 5.73 Å². The number of aryl methyl sites for hydroxylation is 1. The fourth-order valence-electron chi connectivity index (χ4n) is 2.26. The number of β-lactam (4-membered cyclic amide) rings is 1. The van der Waals surface area contributed by atoms with E-state index in [1.165, 1.54) is 21.5 Å². The third-order valence-electron chi connectivity index (χ3n) is 3.18.